The lowest BCUT2D eigenvalue weighted by molar-refractivity contribution is -0.157. The van der Waals surface area contributed by atoms with E-state index in [0.29, 0.717) is 38.9 Å². The summed E-state index contributed by atoms with van der Waals surface area (Å²) in [6.45, 7) is 32.0. The summed E-state index contributed by atoms with van der Waals surface area (Å²) in [5, 5.41) is 27.4. The lowest BCUT2D eigenvalue weighted by atomic mass is 9.85. The third kappa shape index (κ3) is 25.8. The molecule has 9 amide bonds. The minimum absolute atomic E-state index is 0.00284. The van der Waals surface area contributed by atoms with Gasteiger partial charge >= 0.3 is 0 Å². The van der Waals surface area contributed by atoms with Crippen LogP contribution in [0.4, 0.5) is 0 Å². The zero-order valence-corrected chi connectivity index (χ0v) is 64.4. The van der Waals surface area contributed by atoms with Gasteiger partial charge < -0.3 is 64.6 Å². The minimum Gasteiger partial charge on any atom is -0.396 e. The summed E-state index contributed by atoms with van der Waals surface area (Å²) in [5.41, 5.74) is 0. The average molecular weight is 1390 g/mol. The Labute approximate surface area is 588 Å². The molecule has 0 aromatic carbocycles. The van der Waals surface area contributed by atoms with Crippen LogP contribution in [0.3, 0.4) is 0 Å². The van der Waals surface area contributed by atoms with Gasteiger partial charge in [-0.3, -0.25) is 57.6 Å². The molecule has 2 aliphatic heterocycles. The van der Waals surface area contributed by atoms with Crippen molar-refractivity contribution in [2.75, 3.05) is 95.4 Å². The van der Waals surface area contributed by atoms with Crippen LogP contribution in [0, 0.1) is 47.3 Å². The van der Waals surface area contributed by atoms with E-state index in [2.05, 4.69) is 15.5 Å². The van der Waals surface area contributed by atoms with Crippen LogP contribution in [-0.2, 0) is 62.2 Å². The molecule has 2 rings (SSSR count). The van der Waals surface area contributed by atoms with Gasteiger partial charge in [-0.05, 0) is 114 Å². The highest BCUT2D eigenvalue weighted by Crippen LogP contribution is 2.29. The second kappa shape index (κ2) is 42.6. The Morgan fingerprint density at radius 2 is 1.00 bits per heavy atom. The van der Waals surface area contributed by atoms with Gasteiger partial charge in [0, 0.05) is 100 Å². The number of aliphatic hydroxyl groups excluding tert-OH is 2. The molecule has 2 aliphatic rings. The van der Waals surface area contributed by atoms with Crippen molar-refractivity contribution in [3.63, 3.8) is 0 Å². The maximum Gasteiger partial charge on any atom is 0.246 e. The number of hydrogen-bond acceptors (Lipinski definition) is 16. The van der Waals surface area contributed by atoms with Crippen molar-refractivity contribution in [2.24, 2.45) is 47.3 Å². The van der Waals surface area contributed by atoms with Crippen molar-refractivity contribution in [1.29, 1.82) is 0 Å². The number of rotatable bonds is 24. The van der Waals surface area contributed by atoms with Crippen molar-refractivity contribution >= 4 is 64.7 Å². The molecular formula is C73H132N10O15. The number of nitrogens with one attached hydrogen (secondary N) is 2. The summed E-state index contributed by atoms with van der Waals surface area (Å²) < 4.78 is 11.9. The number of hydrogen-bond donors (Lipinski definition) is 4. The van der Waals surface area contributed by atoms with E-state index in [0.717, 1.165) is 43.8 Å². The average Bonchev–Trinajstić information content (AvgIpc) is 0.803. The fourth-order valence-electron chi connectivity index (χ4n) is 13.5. The Morgan fingerprint density at radius 3 is 1.52 bits per heavy atom. The van der Waals surface area contributed by atoms with E-state index in [9.17, 15) is 29.4 Å². The van der Waals surface area contributed by atoms with Crippen LogP contribution in [0.15, 0.2) is 0 Å². The first kappa shape index (κ1) is 88.5. The first-order valence-electron chi connectivity index (χ1n) is 36.4. The van der Waals surface area contributed by atoms with Gasteiger partial charge in [0.1, 0.15) is 48.3 Å². The van der Waals surface area contributed by atoms with Crippen LogP contribution >= 0.6 is 0 Å². The maximum absolute atomic E-state index is 15.4. The fourth-order valence-corrected chi connectivity index (χ4v) is 13.5. The normalized spacial score (nSPS) is 27.2. The Hall–Kier alpha value is -5.63. The molecule has 2 fully saturated rings. The van der Waals surface area contributed by atoms with Crippen molar-refractivity contribution in [3.05, 3.63) is 0 Å². The molecule has 4 N–H and O–H groups in total. The molecule has 25 heteroatoms. The van der Waals surface area contributed by atoms with Crippen molar-refractivity contribution < 1.29 is 72.4 Å². The molecule has 2 saturated heterocycles. The van der Waals surface area contributed by atoms with Gasteiger partial charge in [-0.15, -0.1) is 0 Å². The van der Waals surface area contributed by atoms with Crippen LogP contribution in [-0.4, -0.2) is 276 Å². The highest BCUT2D eigenvalue weighted by molar-refractivity contribution is 6.00. The molecular weight excluding hydrogens is 1260 g/mol. The first-order valence-corrected chi connectivity index (χ1v) is 36.4. The molecule has 14 atom stereocenters. The van der Waals surface area contributed by atoms with Crippen LogP contribution in [0.25, 0.3) is 0 Å². The maximum atomic E-state index is 15.4. The van der Waals surface area contributed by atoms with E-state index in [1.165, 1.54) is 92.6 Å². The quantitative estimate of drug-likeness (QED) is 0.0893. The third-order valence-electron chi connectivity index (χ3n) is 20.1. The number of aliphatic hydroxyl groups is 2. The number of nitrogens with zero attached hydrogens (tertiary/aromatic N) is 8. The number of morpholine rings is 1. The van der Waals surface area contributed by atoms with E-state index >= 15 is 33.6 Å². The number of ether oxygens (including phenoxy) is 2. The van der Waals surface area contributed by atoms with Crippen LogP contribution < -0.4 is 10.6 Å². The zero-order chi connectivity index (χ0) is 74.9. The molecule has 0 aliphatic carbocycles. The highest BCUT2D eigenvalue weighted by atomic mass is 16.5. The summed E-state index contributed by atoms with van der Waals surface area (Å²) in [4.78, 5) is 175. The largest absolute Gasteiger partial charge is 0.396 e. The molecule has 564 valence electrons. The van der Waals surface area contributed by atoms with Gasteiger partial charge in [-0.25, -0.2) is 0 Å². The Bertz CT molecular complexity index is 2580. The first-order chi connectivity index (χ1) is 45.7. The standard InChI is InChI=1S/C73H132N10O15/c1-24-55-70(93)76(17)52(15)68(91)81(22)62(53(16)98-36-30-28-32-83-33-37-97-38-34-83)60(86)43-54(47(8)9)69(92)77(18)56(39-44(2)3)59(85)42-50(13)65(88)74-51(14)67(90)78(19)57(40-45(4)5)71(94)79(20)58(41-46(6)7)72(95)80(21)61(48(10)11)73(96)82(23)63(66(89)75-55)64(87)49(12)31-27-25-26-29-35-84/h44-58,61-64,84,87H,24-43H2,1-23H3,(H,74,88)(H,75,89)/t49-,50-,51-,52-,53-,54+,55+,56+,57+,58+,61+,62+,63+,64-/m1/s1. The van der Waals surface area contributed by atoms with Crippen LogP contribution in [0.1, 0.15) is 194 Å². The number of carbonyl (C=O) groups excluding carboxylic acids is 11. The van der Waals surface area contributed by atoms with E-state index in [-0.39, 0.29) is 69.5 Å². The smallest absolute Gasteiger partial charge is 0.246 e. The third-order valence-corrected chi connectivity index (χ3v) is 20.1. The zero-order valence-electron chi connectivity index (χ0n) is 64.4. The molecule has 2 heterocycles. The second-order valence-electron chi connectivity index (χ2n) is 30.3. The topological polar surface area (TPSA) is 297 Å². The van der Waals surface area contributed by atoms with E-state index in [4.69, 9.17) is 9.47 Å². The van der Waals surface area contributed by atoms with E-state index in [1.54, 1.807) is 55.4 Å². The molecule has 0 spiro atoms. The number of carbonyl (C=O) groups is 11. The number of ketones is 2. The van der Waals surface area contributed by atoms with E-state index < -0.39 is 161 Å². The van der Waals surface area contributed by atoms with Gasteiger partial charge in [0.25, 0.3) is 0 Å². The SMILES string of the molecule is CC[C@@H]1NC(=O)[C@H]([C@H](O)[C@H](C)CCCCCCO)N(C)C(=O)[C@H](C(C)C)N(C)C(=O)[C@H](CC(C)C)N(C)C(=O)[C@H](CC(C)C)N(C)C(=O)[C@@H](C)NC(=O)[C@H](C)CC(=O)[C@H](CC(C)C)N(C)C(=O)[C@H](C(C)C)CC(=O)[C@H]([C@@H](C)OCCCCN2CCOCC2)N(C)C(=O)[C@@H](C)N(C)C1=O. The monoisotopic (exact) mass is 1390 g/mol. The lowest BCUT2D eigenvalue weighted by Crippen LogP contribution is -2.64. The lowest BCUT2D eigenvalue weighted by Gasteiger charge is -2.41. The van der Waals surface area contributed by atoms with Gasteiger partial charge in [-0.1, -0.05) is 109 Å². The van der Waals surface area contributed by atoms with E-state index in [1.807, 2.05) is 41.5 Å². The summed E-state index contributed by atoms with van der Waals surface area (Å²) in [6, 6.07) is -11.3. The molecule has 0 aromatic rings. The predicted octanol–water partition coefficient (Wildman–Crippen LogP) is 5.29. The Morgan fingerprint density at radius 1 is 0.500 bits per heavy atom. The molecule has 0 radical (unpaired) electrons. The second-order valence-corrected chi connectivity index (χ2v) is 30.3. The fraction of sp³-hybridized carbons (Fsp3) is 0.849. The summed E-state index contributed by atoms with van der Waals surface area (Å²) >= 11 is 0. The van der Waals surface area contributed by atoms with Gasteiger partial charge in [0.2, 0.25) is 53.2 Å². The number of amides is 9. The van der Waals surface area contributed by atoms with Crippen molar-refractivity contribution in [3.8, 4) is 0 Å². The van der Waals surface area contributed by atoms with Gasteiger partial charge in [0.05, 0.1) is 31.5 Å². The van der Waals surface area contributed by atoms with Crippen LogP contribution in [0.5, 0.6) is 0 Å². The molecule has 25 nitrogen and oxygen atoms in total. The number of Topliss-reactive ketones (excluding diaryl/α,β-unsaturated/α-hetero) is 2. The Balaban J connectivity index is 3.02. The van der Waals surface area contributed by atoms with Crippen molar-refractivity contribution in [2.45, 2.75) is 261 Å². The van der Waals surface area contributed by atoms with Gasteiger partial charge in [0.15, 0.2) is 11.6 Å². The number of likely N-dealkylation sites (N-methyl/N-ethyl adjacent to an activating group) is 7. The predicted molar refractivity (Wildman–Crippen MR) is 379 cm³/mol. The minimum atomic E-state index is -1.64. The molecule has 0 bridgehead atoms. The number of unbranched alkanes of at least 4 members (excludes halogenated alkanes) is 4. The van der Waals surface area contributed by atoms with Crippen LogP contribution in [0.2, 0.25) is 0 Å². The summed E-state index contributed by atoms with van der Waals surface area (Å²) in [5.74, 6) is -10.9. The molecule has 0 unspecified atom stereocenters. The Kier molecular flexibility index (Phi) is 38.4. The molecule has 98 heavy (non-hydrogen) atoms. The van der Waals surface area contributed by atoms with Gasteiger partial charge in [-0.2, -0.15) is 0 Å². The highest BCUT2D eigenvalue weighted by Gasteiger charge is 2.47. The van der Waals surface area contributed by atoms with Crippen molar-refractivity contribution in [1.82, 2.24) is 49.8 Å². The summed E-state index contributed by atoms with van der Waals surface area (Å²) in [6.07, 6.45) is 1.92. The summed E-state index contributed by atoms with van der Waals surface area (Å²) in [7, 11) is 10.1. The molecule has 0 saturated carbocycles. The molecule has 0 aromatic heterocycles.